The first-order valence-corrected chi connectivity index (χ1v) is 9.84. The standard InChI is InChI=1S/C21H29ClN2O3/c1-4-19(25)23-13-5-6-16-11-14-24(15-12-16)20(26)21(2,3)27-18-9-7-17(22)8-10-18/h4,7-10,16H,1,5-6,11-15H2,2-3H3,(H,23,25). The number of nitrogens with one attached hydrogen (secondary N) is 1. The molecule has 1 heterocycles. The Hall–Kier alpha value is -2.01. The molecule has 0 bridgehead atoms. The van der Waals surface area contributed by atoms with Crippen LogP contribution in [-0.2, 0) is 9.59 Å². The van der Waals surface area contributed by atoms with Crippen molar-refractivity contribution in [2.24, 2.45) is 5.92 Å². The third-order valence-corrected chi connectivity index (χ3v) is 5.13. The molecule has 1 saturated heterocycles. The summed E-state index contributed by atoms with van der Waals surface area (Å²) in [4.78, 5) is 25.9. The lowest BCUT2D eigenvalue weighted by molar-refractivity contribution is -0.147. The van der Waals surface area contributed by atoms with Crippen LogP contribution in [0.3, 0.4) is 0 Å². The van der Waals surface area contributed by atoms with Gasteiger partial charge in [0.25, 0.3) is 5.91 Å². The second-order valence-electron chi connectivity index (χ2n) is 7.44. The Labute approximate surface area is 166 Å². The predicted molar refractivity (Wildman–Crippen MR) is 108 cm³/mol. The highest BCUT2D eigenvalue weighted by atomic mass is 35.5. The number of amides is 2. The molecule has 0 aliphatic carbocycles. The van der Waals surface area contributed by atoms with Crippen LogP contribution in [0.4, 0.5) is 0 Å². The van der Waals surface area contributed by atoms with Crippen molar-refractivity contribution in [2.45, 2.75) is 45.1 Å². The van der Waals surface area contributed by atoms with Crippen LogP contribution in [-0.4, -0.2) is 41.9 Å². The van der Waals surface area contributed by atoms with Crippen molar-refractivity contribution in [1.82, 2.24) is 10.2 Å². The SMILES string of the molecule is C=CC(=O)NCCCC1CCN(C(=O)C(C)(C)Oc2ccc(Cl)cc2)CC1. The third-order valence-electron chi connectivity index (χ3n) is 4.88. The minimum absolute atomic E-state index is 0.00847. The topological polar surface area (TPSA) is 58.6 Å². The zero-order valence-corrected chi connectivity index (χ0v) is 16.9. The summed E-state index contributed by atoms with van der Waals surface area (Å²) in [6.07, 6.45) is 5.27. The number of carbonyl (C=O) groups is 2. The van der Waals surface area contributed by atoms with Gasteiger partial charge >= 0.3 is 0 Å². The van der Waals surface area contributed by atoms with Crippen LogP contribution in [0.25, 0.3) is 0 Å². The van der Waals surface area contributed by atoms with Gasteiger partial charge in [0.05, 0.1) is 0 Å². The van der Waals surface area contributed by atoms with E-state index in [0.29, 0.717) is 23.2 Å². The van der Waals surface area contributed by atoms with Gasteiger partial charge in [0.15, 0.2) is 5.60 Å². The van der Waals surface area contributed by atoms with Gasteiger partial charge in [-0.2, -0.15) is 0 Å². The summed E-state index contributed by atoms with van der Waals surface area (Å²) in [7, 11) is 0. The first-order valence-electron chi connectivity index (χ1n) is 9.46. The van der Waals surface area contributed by atoms with E-state index >= 15 is 0 Å². The monoisotopic (exact) mass is 392 g/mol. The van der Waals surface area contributed by atoms with Crippen molar-refractivity contribution in [3.05, 3.63) is 41.9 Å². The van der Waals surface area contributed by atoms with E-state index in [0.717, 1.165) is 38.8 Å². The van der Waals surface area contributed by atoms with Gasteiger partial charge in [0.2, 0.25) is 5.91 Å². The molecule has 1 aromatic carbocycles. The number of halogens is 1. The van der Waals surface area contributed by atoms with Crippen molar-refractivity contribution in [3.63, 3.8) is 0 Å². The Morgan fingerprint density at radius 1 is 1.30 bits per heavy atom. The Bertz CT molecular complexity index is 650. The molecule has 0 aromatic heterocycles. The van der Waals surface area contributed by atoms with Crippen LogP contribution >= 0.6 is 11.6 Å². The summed E-state index contributed by atoms with van der Waals surface area (Å²) in [5.41, 5.74) is -0.921. The number of nitrogens with zero attached hydrogens (tertiary/aromatic N) is 1. The highest BCUT2D eigenvalue weighted by Crippen LogP contribution is 2.26. The van der Waals surface area contributed by atoms with E-state index in [1.807, 2.05) is 4.90 Å². The summed E-state index contributed by atoms with van der Waals surface area (Å²) in [6.45, 7) is 9.21. The quantitative estimate of drug-likeness (QED) is 0.540. The van der Waals surface area contributed by atoms with Gasteiger partial charge in [-0.25, -0.2) is 0 Å². The van der Waals surface area contributed by atoms with E-state index in [4.69, 9.17) is 16.3 Å². The molecule has 1 aromatic rings. The van der Waals surface area contributed by atoms with E-state index in [-0.39, 0.29) is 11.8 Å². The molecule has 2 rings (SSSR count). The largest absolute Gasteiger partial charge is 0.478 e. The fraction of sp³-hybridized carbons (Fsp3) is 0.524. The molecule has 27 heavy (non-hydrogen) atoms. The molecule has 0 radical (unpaired) electrons. The van der Waals surface area contributed by atoms with Crippen molar-refractivity contribution in [1.29, 1.82) is 0 Å². The van der Waals surface area contributed by atoms with Gasteiger partial charge in [-0.05, 0) is 75.8 Å². The Kier molecular flexibility index (Phi) is 7.72. The van der Waals surface area contributed by atoms with Gasteiger partial charge in [0.1, 0.15) is 5.75 Å². The van der Waals surface area contributed by atoms with Gasteiger partial charge in [-0.1, -0.05) is 18.2 Å². The minimum atomic E-state index is -0.921. The smallest absolute Gasteiger partial charge is 0.266 e. The number of likely N-dealkylation sites (tertiary alicyclic amines) is 1. The number of benzene rings is 1. The van der Waals surface area contributed by atoms with Crippen molar-refractivity contribution >= 4 is 23.4 Å². The van der Waals surface area contributed by atoms with E-state index in [1.54, 1.807) is 38.1 Å². The molecule has 0 unspecified atom stereocenters. The molecule has 6 heteroatoms. The second-order valence-corrected chi connectivity index (χ2v) is 7.88. The molecule has 1 aliphatic rings. The zero-order valence-electron chi connectivity index (χ0n) is 16.2. The Morgan fingerprint density at radius 3 is 2.52 bits per heavy atom. The van der Waals surface area contributed by atoms with Crippen LogP contribution in [0, 0.1) is 5.92 Å². The maximum atomic E-state index is 12.9. The van der Waals surface area contributed by atoms with E-state index in [2.05, 4.69) is 11.9 Å². The zero-order chi connectivity index (χ0) is 19.9. The number of ether oxygens (including phenoxy) is 1. The Balaban J connectivity index is 1.77. The van der Waals surface area contributed by atoms with E-state index in [1.165, 1.54) is 6.08 Å². The summed E-state index contributed by atoms with van der Waals surface area (Å²) in [5.74, 6) is 1.11. The molecular formula is C21H29ClN2O3. The van der Waals surface area contributed by atoms with Crippen molar-refractivity contribution in [3.8, 4) is 5.75 Å². The second kappa shape index (κ2) is 9.79. The number of hydrogen-bond acceptors (Lipinski definition) is 3. The predicted octanol–water partition coefficient (Wildman–Crippen LogP) is 3.82. The van der Waals surface area contributed by atoms with Crippen molar-refractivity contribution in [2.75, 3.05) is 19.6 Å². The molecule has 148 valence electrons. The third kappa shape index (κ3) is 6.58. The molecule has 0 saturated carbocycles. The van der Waals surface area contributed by atoms with Gasteiger partial charge in [0, 0.05) is 24.7 Å². The number of rotatable bonds is 8. The van der Waals surface area contributed by atoms with Crippen LogP contribution in [0.5, 0.6) is 5.75 Å². The maximum Gasteiger partial charge on any atom is 0.266 e. The fourth-order valence-corrected chi connectivity index (χ4v) is 3.45. The van der Waals surface area contributed by atoms with Crippen LogP contribution in [0.1, 0.15) is 39.5 Å². The lowest BCUT2D eigenvalue weighted by atomic mass is 9.91. The van der Waals surface area contributed by atoms with Gasteiger partial charge in [-0.3, -0.25) is 9.59 Å². The average Bonchev–Trinajstić information content (AvgIpc) is 2.66. The summed E-state index contributed by atoms with van der Waals surface area (Å²) in [5, 5.41) is 3.44. The minimum Gasteiger partial charge on any atom is -0.478 e. The molecule has 0 atom stereocenters. The van der Waals surface area contributed by atoms with E-state index in [9.17, 15) is 9.59 Å². The molecule has 1 N–H and O–H groups in total. The van der Waals surface area contributed by atoms with Crippen molar-refractivity contribution < 1.29 is 14.3 Å². The Morgan fingerprint density at radius 2 is 1.93 bits per heavy atom. The normalized spacial score (nSPS) is 15.3. The van der Waals surface area contributed by atoms with Crippen LogP contribution in [0.2, 0.25) is 5.02 Å². The number of carbonyl (C=O) groups excluding carboxylic acids is 2. The molecular weight excluding hydrogens is 364 g/mol. The van der Waals surface area contributed by atoms with E-state index < -0.39 is 5.60 Å². The lowest BCUT2D eigenvalue weighted by Crippen LogP contribution is -2.51. The maximum absolute atomic E-state index is 12.9. The molecule has 1 aliphatic heterocycles. The fourth-order valence-electron chi connectivity index (χ4n) is 3.32. The first kappa shape index (κ1) is 21.3. The average molecular weight is 393 g/mol. The molecule has 5 nitrogen and oxygen atoms in total. The van der Waals surface area contributed by atoms with Gasteiger partial charge < -0.3 is 15.0 Å². The van der Waals surface area contributed by atoms with Gasteiger partial charge in [-0.15, -0.1) is 0 Å². The molecule has 1 fully saturated rings. The lowest BCUT2D eigenvalue weighted by Gasteiger charge is -2.37. The highest BCUT2D eigenvalue weighted by Gasteiger charge is 2.35. The number of hydrogen-bond donors (Lipinski definition) is 1. The molecule has 0 spiro atoms. The summed E-state index contributed by atoms with van der Waals surface area (Å²) < 4.78 is 5.91. The first-order chi connectivity index (χ1) is 12.8. The van der Waals surface area contributed by atoms with Crippen LogP contribution in [0.15, 0.2) is 36.9 Å². The summed E-state index contributed by atoms with van der Waals surface area (Å²) in [6, 6.07) is 7.05. The highest BCUT2D eigenvalue weighted by molar-refractivity contribution is 6.30. The molecule has 2 amide bonds. The van der Waals surface area contributed by atoms with Crippen LogP contribution < -0.4 is 10.1 Å². The number of piperidine rings is 1. The summed E-state index contributed by atoms with van der Waals surface area (Å²) >= 11 is 5.89.